The number of rotatable bonds is 5. The van der Waals surface area contributed by atoms with E-state index in [1.807, 2.05) is 0 Å². The van der Waals surface area contributed by atoms with E-state index in [9.17, 15) is 13.2 Å². The predicted octanol–water partition coefficient (Wildman–Crippen LogP) is 2.23. The van der Waals surface area contributed by atoms with Crippen LogP contribution in [0.5, 0.6) is 0 Å². The molecular weight excluding hydrogens is 334 g/mol. The molecule has 1 aliphatic carbocycles. The molecule has 1 aromatic carbocycles. The molecule has 0 radical (unpaired) electrons. The SMILES string of the molecule is O=C(O)c1ccc(Br)c(S(=O)(=O)NCC2CCC2)c1. The summed E-state index contributed by atoms with van der Waals surface area (Å²) >= 11 is 3.14. The highest BCUT2D eigenvalue weighted by Crippen LogP contribution is 2.27. The van der Waals surface area contributed by atoms with Crippen LogP contribution in [0, 0.1) is 5.92 Å². The Morgan fingerprint density at radius 3 is 2.63 bits per heavy atom. The second kappa shape index (κ2) is 5.60. The van der Waals surface area contributed by atoms with Crippen LogP contribution in [0.2, 0.25) is 0 Å². The van der Waals surface area contributed by atoms with E-state index in [1.54, 1.807) is 0 Å². The number of aromatic carboxylic acids is 1. The average Bonchev–Trinajstić information content (AvgIpc) is 2.26. The minimum absolute atomic E-state index is 0.0354. The molecule has 0 spiro atoms. The zero-order valence-corrected chi connectivity index (χ0v) is 12.5. The van der Waals surface area contributed by atoms with E-state index < -0.39 is 16.0 Å². The van der Waals surface area contributed by atoms with E-state index in [2.05, 4.69) is 20.7 Å². The van der Waals surface area contributed by atoms with Gasteiger partial charge in [-0.1, -0.05) is 6.42 Å². The van der Waals surface area contributed by atoms with Crippen LogP contribution >= 0.6 is 15.9 Å². The normalized spacial score (nSPS) is 16.1. The molecule has 0 bridgehead atoms. The van der Waals surface area contributed by atoms with E-state index in [-0.39, 0.29) is 10.5 Å². The number of sulfonamides is 1. The Kier molecular flexibility index (Phi) is 4.27. The van der Waals surface area contributed by atoms with Gasteiger partial charge in [0.25, 0.3) is 0 Å². The summed E-state index contributed by atoms with van der Waals surface area (Å²) in [6.07, 6.45) is 3.22. The molecule has 0 aliphatic heterocycles. The Morgan fingerprint density at radius 2 is 2.11 bits per heavy atom. The molecule has 1 aromatic rings. The molecule has 1 fully saturated rings. The largest absolute Gasteiger partial charge is 0.478 e. The van der Waals surface area contributed by atoms with Gasteiger partial charge in [0, 0.05) is 11.0 Å². The van der Waals surface area contributed by atoms with Gasteiger partial charge < -0.3 is 5.11 Å². The number of benzene rings is 1. The lowest BCUT2D eigenvalue weighted by Gasteiger charge is -2.25. The van der Waals surface area contributed by atoms with Crippen molar-refractivity contribution >= 4 is 31.9 Å². The summed E-state index contributed by atoms with van der Waals surface area (Å²) < 4.78 is 27.2. The van der Waals surface area contributed by atoms with E-state index in [0.717, 1.165) is 25.3 Å². The maximum atomic E-state index is 12.1. The van der Waals surface area contributed by atoms with Crippen molar-refractivity contribution in [1.82, 2.24) is 4.72 Å². The van der Waals surface area contributed by atoms with Crippen LogP contribution in [0.3, 0.4) is 0 Å². The van der Waals surface area contributed by atoms with Crippen LogP contribution in [0.4, 0.5) is 0 Å². The van der Waals surface area contributed by atoms with Crippen LogP contribution in [0.1, 0.15) is 29.6 Å². The summed E-state index contributed by atoms with van der Waals surface area (Å²) in [5, 5.41) is 8.90. The molecular formula is C12H14BrNO4S. The van der Waals surface area contributed by atoms with E-state index in [4.69, 9.17) is 5.11 Å². The van der Waals surface area contributed by atoms with E-state index >= 15 is 0 Å². The van der Waals surface area contributed by atoms with Crippen LogP contribution < -0.4 is 4.72 Å². The van der Waals surface area contributed by atoms with Gasteiger partial charge in [0.1, 0.15) is 0 Å². The number of nitrogens with one attached hydrogen (secondary N) is 1. The van der Waals surface area contributed by atoms with Crippen LogP contribution in [-0.4, -0.2) is 26.0 Å². The van der Waals surface area contributed by atoms with Crippen molar-refractivity contribution in [3.8, 4) is 0 Å². The third kappa shape index (κ3) is 3.34. The fourth-order valence-electron chi connectivity index (χ4n) is 1.84. The van der Waals surface area contributed by atoms with E-state index in [1.165, 1.54) is 12.1 Å². The van der Waals surface area contributed by atoms with Crippen molar-refractivity contribution in [2.75, 3.05) is 6.54 Å². The Hall–Kier alpha value is -0.920. The summed E-state index contributed by atoms with van der Waals surface area (Å²) in [6, 6.07) is 3.95. The Balaban J connectivity index is 2.22. The fourth-order valence-corrected chi connectivity index (χ4v) is 3.95. The molecule has 5 nitrogen and oxygen atoms in total. The Bertz CT molecular complexity index is 596. The van der Waals surface area contributed by atoms with Crippen LogP contribution in [0.15, 0.2) is 27.6 Å². The third-order valence-electron chi connectivity index (χ3n) is 3.25. The Morgan fingerprint density at radius 1 is 1.42 bits per heavy atom. The van der Waals surface area contributed by atoms with Gasteiger partial charge in [-0.3, -0.25) is 0 Å². The maximum absolute atomic E-state index is 12.1. The predicted molar refractivity (Wildman–Crippen MR) is 73.6 cm³/mol. The third-order valence-corrected chi connectivity index (χ3v) is 5.67. The fraction of sp³-hybridized carbons (Fsp3) is 0.417. The molecule has 1 saturated carbocycles. The second-order valence-corrected chi connectivity index (χ2v) is 7.19. The van der Waals surface area contributed by atoms with Crippen molar-refractivity contribution in [2.24, 2.45) is 5.92 Å². The van der Waals surface area contributed by atoms with Gasteiger partial charge in [-0.25, -0.2) is 17.9 Å². The van der Waals surface area contributed by atoms with Crippen LogP contribution in [-0.2, 0) is 10.0 Å². The van der Waals surface area contributed by atoms with Crippen LogP contribution in [0.25, 0.3) is 0 Å². The second-order valence-electron chi connectivity index (χ2n) is 4.60. The summed E-state index contributed by atoms with van der Waals surface area (Å²) in [5.41, 5.74) is -0.0489. The van der Waals surface area contributed by atoms with E-state index in [0.29, 0.717) is 16.9 Å². The summed E-state index contributed by atoms with van der Waals surface area (Å²) in [5.74, 6) is -0.751. The summed E-state index contributed by atoms with van der Waals surface area (Å²) in [6.45, 7) is 0.409. The summed E-state index contributed by atoms with van der Waals surface area (Å²) in [7, 11) is -3.68. The van der Waals surface area contributed by atoms with Gasteiger partial charge in [0.15, 0.2) is 0 Å². The molecule has 0 unspecified atom stereocenters. The lowest BCUT2D eigenvalue weighted by molar-refractivity contribution is 0.0696. The van der Waals surface area contributed by atoms with Crippen molar-refractivity contribution in [1.29, 1.82) is 0 Å². The molecule has 1 aliphatic rings. The Labute approximate surface area is 120 Å². The number of carboxylic acids is 1. The number of carbonyl (C=O) groups is 1. The lowest BCUT2D eigenvalue weighted by Crippen LogP contribution is -2.32. The van der Waals surface area contributed by atoms with Gasteiger partial charge in [-0.15, -0.1) is 0 Å². The maximum Gasteiger partial charge on any atom is 0.335 e. The minimum Gasteiger partial charge on any atom is -0.478 e. The zero-order chi connectivity index (χ0) is 14.0. The molecule has 0 saturated heterocycles. The quantitative estimate of drug-likeness (QED) is 0.855. The lowest BCUT2D eigenvalue weighted by atomic mass is 9.86. The molecule has 0 heterocycles. The zero-order valence-electron chi connectivity index (χ0n) is 10.1. The monoisotopic (exact) mass is 347 g/mol. The minimum atomic E-state index is -3.68. The molecule has 7 heteroatoms. The van der Waals surface area contributed by atoms with Crippen molar-refractivity contribution in [3.63, 3.8) is 0 Å². The molecule has 2 N–H and O–H groups in total. The first-order chi connectivity index (χ1) is 8.90. The first-order valence-electron chi connectivity index (χ1n) is 5.92. The number of hydrogen-bond acceptors (Lipinski definition) is 3. The molecule has 19 heavy (non-hydrogen) atoms. The number of halogens is 1. The molecule has 2 rings (SSSR count). The number of hydrogen-bond donors (Lipinski definition) is 2. The van der Waals surface area contributed by atoms with Gasteiger partial charge in [0.05, 0.1) is 10.5 Å². The van der Waals surface area contributed by atoms with Gasteiger partial charge >= 0.3 is 5.97 Å². The topological polar surface area (TPSA) is 83.5 Å². The smallest absolute Gasteiger partial charge is 0.335 e. The first kappa shape index (κ1) is 14.5. The highest BCUT2D eigenvalue weighted by molar-refractivity contribution is 9.10. The van der Waals surface area contributed by atoms with Gasteiger partial charge in [0.2, 0.25) is 10.0 Å². The molecule has 0 amide bonds. The van der Waals surface area contributed by atoms with Crippen molar-refractivity contribution in [3.05, 3.63) is 28.2 Å². The molecule has 104 valence electrons. The average molecular weight is 348 g/mol. The highest BCUT2D eigenvalue weighted by atomic mass is 79.9. The summed E-state index contributed by atoms with van der Waals surface area (Å²) in [4.78, 5) is 10.8. The molecule has 0 aromatic heterocycles. The van der Waals surface area contributed by atoms with Crippen molar-refractivity contribution in [2.45, 2.75) is 24.2 Å². The van der Waals surface area contributed by atoms with Gasteiger partial charge in [-0.2, -0.15) is 0 Å². The molecule has 0 atom stereocenters. The highest BCUT2D eigenvalue weighted by Gasteiger charge is 2.23. The van der Waals surface area contributed by atoms with Gasteiger partial charge in [-0.05, 0) is 52.9 Å². The first-order valence-corrected chi connectivity index (χ1v) is 8.20. The standard InChI is InChI=1S/C12H14BrNO4S/c13-10-5-4-9(12(15)16)6-11(10)19(17,18)14-7-8-2-1-3-8/h4-6,8,14H,1-3,7H2,(H,15,16). The number of carboxylic acid groups (broad SMARTS) is 1. The van der Waals surface area contributed by atoms with Crippen molar-refractivity contribution < 1.29 is 18.3 Å².